The maximum Gasteiger partial charge on any atom is 0.0195 e. The summed E-state index contributed by atoms with van der Waals surface area (Å²) in [5.74, 6) is 0. The van der Waals surface area contributed by atoms with E-state index in [-0.39, 0.29) is 0 Å². The monoisotopic (exact) mass is 146 g/mol. The van der Waals surface area contributed by atoms with Gasteiger partial charge >= 0.3 is 0 Å². The van der Waals surface area contributed by atoms with Gasteiger partial charge in [0.05, 0.1) is 0 Å². The summed E-state index contributed by atoms with van der Waals surface area (Å²) >= 11 is 0. The van der Waals surface area contributed by atoms with Gasteiger partial charge in [-0.25, -0.2) is 0 Å². The lowest BCUT2D eigenvalue weighted by atomic mass is 10.1. The Morgan fingerprint density at radius 1 is 1.67 bits per heavy atom. The highest BCUT2D eigenvalue weighted by molar-refractivity contribution is 7.13. The zero-order chi connectivity index (χ0) is 6.69. The van der Waals surface area contributed by atoms with Crippen LogP contribution in [0.5, 0.6) is 0 Å². The van der Waals surface area contributed by atoms with Crippen LogP contribution in [0.2, 0.25) is 0 Å². The van der Waals surface area contributed by atoms with E-state index < -0.39 is 0 Å². The van der Waals surface area contributed by atoms with Crippen molar-refractivity contribution in [2.45, 2.75) is 18.9 Å². The van der Waals surface area contributed by atoms with Crippen LogP contribution in [-0.4, -0.2) is 30.8 Å². The number of piperidine rings is 1. The van der Waals surface area contributed by atoms with Crippen LogP contribution >= 0.6 is 9.39 Å². The first-order valence-corrected chi connectivity index (χ1v) is 4.01. The minimum atomic E-state index is 0.719. The molecular formula is C6H15N2P. The van der Waals surface area contributed by atoms with Gasteiger partial charge in [0.15, 0.2) is 0 Å². The molecule has 1 rings (SSSR count). The van der Waals surface area contributed by atoms with Crippen LogP contribution in [0.25, 0.3) is 0 Å². The molecule has 3 heteroatoms. The number of nitrogens with zero attached hydrogens (tertiary/aromatic N) is 1. The van der Waals surface area contributed by atoms with Gasteiger partial charge in [0, 0.05) is 19.1 Å². The van der Waals surface area contributed by atoms with E-state index in [9.17, 15) is 0 Å². The average Bonchev–Trinajstić information content (AvgIpc) is 1.88. The first-order valence-electron chi connectivity index (χ1n) is 3.50. The fourth-order valence-corrected chi connectivity index (χ4v) is 1.68. The Hall–Kier alpha value is 0.350. The molecule has 0 aliphatic carbocycles. The molecule has 2 atom stereocenters. The first kappa shape index (κ1) is 7.46. The van der Waals surface area contributed by atoms with E-state index in [2.05, 4.69) is 19.4 Å². The molecule has 1 aliphatic rings. The summed E-state index contributed by atoms with van der Waals surface area (Å²) in [6.07, 6.45) is 2.66. The van der Waals surface area contributed by atoms with Crippen LogP contribution in [0.3, 0.4) is 0 Å². The smallest absolute Gasteiger partial charge is 0.0195 e. The van der Waals surface area contributed by atoms with E-state index >= 15 is 0 Å². The van der Waals surface area contributed by atoms with E-state index in [1.54, 1.807) is 0 Å². The van der Waals surface area contributed by atoms with Crippen molar-refractivity contribution in [2.75, 3.05) is 20.1 Å². The second kappa shape index (κ2) is 3.50. The number of nitrogens with one attached hydrogen (secondary N) is 1. The Labute approximate surface area is 59.3 Å². The Balaban J connectivity index is 2.23. The third-order valence-electron chi connectivity index (χ3n) is 1.86. The predicted octanol–water partition coefficient (Wildman–Crippen LogP) is 0.460. The van der Waals surface area contributed by atoms with Crippen LogP contribution < -0.4 is 5.32 Å². The van der Waals surface area contributed by atoms with E-state index in [4.69, 9.17) is 0 Å². The molecule has 1 saturated heterocycles. The summed E-state index contributed by atoms with van der Waals surface area (Å²) in [6, 6.07) is 0.719. The van der Waals surface area contributed by atoms with Gasteiger partial charge in [0.1, 0.15) is 0 Å². The normalized spacial score (nSPS) is 30.7. The van der Waals surface area contributed by atoms with Crippen molar-refractivity contribution >= 4 is 9.39 Å². The summed E-state index contributed by atoms with van der Waals surface area (Å²) in [6.45, 7) is 2.42. The summed E-state index contributed by atoms with van der Waals surface area (Å²) in [5.41, 5.74) is 0. The number of hydrogen-bond donors (Lipinski definition) is 1. The molecule has 1 aliphatic heterocycles. The van der Waals surface area contributed by atoms with Gasteiger partial charge in [-0.2, -0.15) is 0 Å². The molecule has 0 aromatic rings. The molecule has 1 fully saturated rings. The summed E-state index contributed by atoms with van der Waals surface area (Å²) in [4.78, 5) is 0. The molecule has 0 saturated carbocycles. The second-order valence-electron chi connectivity index (χ2n) is 2.62. The lowest BCUT2D eigenvalue weighted by Gasteiger charge is -2.28. The highest BCUT2D eigenvalue weighted by Gasteiger charge is 2.14. The van der Waals surface area contributed by atoms with Crippen LogP contribution in [0.15, 0.2) is 0 Å². The molecule has 1 N–H and O–H groups in total. The SMILES string of the molecule is CN[C@@H]1CCCN(P)C1. The standard InChI is InChI=1S/C6H15N2P/c1-7-6-3-2-4-8(9)5-6/h6-7H,2-5,9H2,1H3/t6-/m1/s1. The number of likely N-dealkylation sites (N-methyl/N-ethyl adjacent to an activating group) is 1. The van der Waals surface area contributed by atoms with Crippen molar-refractivity contribution in [3.05, 3.63) is 0 Å². The quantitative estimate of drug-likeness (QED) is 0.541. The van der Waals surface area contributed by atoms with Crippen molar-refractivity contribution in [3.63, 3.8) is 0 Å². The second-order valence-corrected chi connectivity index (χ2v) is 3.35. The Kier molecular flexibility index (Phi) is 2.90. The maximum atomic E-state index is 3.28. The molecule has 2 nitrogen and oxygen atoms in total. The van der Waals surface area contributed by atoms with Crippen LogP contribution in [-0.2, 0) is 0 Å². The lowest BCUT2D eigenvalue weighted by molar-refractivity contribution is 0.313. The van der Waals surface area contributed by atoms with E-state index in [1.807, 2.05) is 7.05 Å². The number of rotatable bonds is 1. The summed E-state index contributed by atoms with van der Waals surface area (Å²) in [7, 11) is 4.79. The molecule has 1 unspecified atom stereocenters. The third kappa shape index (κ3) is 2.21. The summed E-state index contributed by atoms with van der Waals surface area (Å²) in [5, 5.41) is 3.28. The molecule has 1 heterocycles. The molecule has 0 aromatic heterocycles. The van der Waals surface area contributed by atoms with Gasteiger partial charge in [-0.15, -0.1) is 0 Å². The molecule has 0 aromatic carbocycles. The van der Waals surface area contributed by atoms with Gasteiger partial charge < -0.3 is 5.32 Å². The fraction of sp³-hybridized carbons (Fsp3) is 1.00. The lowest BCUT2D eigenvalue weighted by Crippen LogP contribution is -2.39. The molecule has 0 bridgehead atoms. The maximum absolute atomic E-state index is 3.28. The Morgan fingerprint density at radius 2 is 2.44 bits per heavy atom. The predicted molar refractivity (Wildman–Crippen MR) is 43.4 cm³/mol. The van der Waals surface area contributed by atoms with Crippen molar-refractivity contribution in [1.29, 1.82) is 0 Å². The van der Waals surface area contributed by atoms with E-state index in [0.29, 0.717) is 0 Å². The van der Waals surface area contributed by atoms with E-state index in [1.165, 1.54) is 25.9 Å². The van der Waals surface area contributed by atoms with Gasteiger partial charge in [-0.05, 0) is 19.9 Å². The summed E-state index contributed by atoms with van der Waals surface area (Å²) < 4.78 is 2.30. The van der Waals surface area contributed by atoms with Crippen molar-refractivity contribution < 1.29 is 0 Å². The van der Waals surface area contributed by atoms with Gasteiger partial charge in [-0.3, -0.25) is 4.67 Å². The minimum absolute atomic E-state index is 0.719. The van der Waals surface area contributed by atoms with Gasteiger partial charge in [0.2, 0.25) is 0 Å². The molecule has 0 amide bonds. The van der Waals surface area contributed by atoms with Crippen molar-refractivity contribution in [2.24, 2.45) is 0 Å². The zero-order valence-electron chi connectivity index (χ0n) is 5.93. The number of hydrogen-bond acceptors (Lipinski definition) is 2. The molecule has 54 valence electrons. The highest BCUT2D eigenvalue weighted by Crippen LogP contribution is 2.12. The zero-order valence-corrected chi connectivity index (χ0v) is 7.09. The third-order valence-corrected chi connectivity index (χ3v) is 2.33. The molecule has 0 radical (unpaired) electrons. The van der Waals surface area contributed by atoms with Gasteiger partial charge in [-0.1, -0.05) is 9.39 Å². The van der Waals surface area contributed by atoms with Gasteiger partial charge in [0.25, 0.3) is 0 Å². The van der Waals surface area contributed by atoms with Crippen LogP contribution in [0.4, 0.5) is 0 Å². The van der Waals surface area contributed by atoms with Crippen molar-refractivity contribution in [3.8, 4) is 0 Å². The van der Waals surface area contributed by atoms with Crippen LogP contribution in [0.1, 0.15) is 12.8 Å². The fourth-order valence-electron chi connectivity index (χ4n) is 1.24. The van der Waals surface area contributed by atoms with E-state index in [0.717, 1.165) is 6.04 Å². The average molecular weight is 146 g/mol. The Bertz CT molecular complexity index is 87.1. The van der Waals surface area contributed by atoms with Crippen molar-refractivity contribution in [1.82, 2.24) is 9.99 Å². The molecule has 9 heavy (non-hydrogen) atoms. The molecule has 0 spiro atoms. The van der Waals surface area contributed by atoms with Crippen LogP contribution in [0, 0.1) is 0 Å². The molecular weight excluding hydrogens is 131 g/mol. The largest absolute Gasteiger partial charge is 0.316 e. The first-order chi connectivity index (χ1) is 4.33. The highest BCUT2D eigenvalue weighted by atomic mass is 31.0. The topological polar surface area (TPSA) is 15.3 Å². The Morgan fingerprint density at radius 3 is 2.89 bits per heavy atom. The minimum Gasteiger partial charge on any atom is -0.316 e.